The first-order valence-corrected chi connectivity index (χ1v) is 7.71. The summed E-state index contributed by atoms with van der Waals surface area (Å²) in [7, 11) is 2.14. The first-order chi connectivity index (χ1) is 10.1. The highest BCUT2D eigenvalue weighted by molar-refractivity contribution is 6.31. The van der Waals surface area contributed by atoms with Crippen LogP contribution in [0.1, 0.15) is 30.4 Å². The van der Waals surface area contributed by atoms with Gasteiger partial charge < -0.3 is 10.6 Å². The van der Waals surface area contributed by atoms with Crippen molar-refractivity contribution >= 4 is 17.3 Å². The standard InChI is InChI=1S/C18H23ClN2/c1-14(15-7-9-17(20)10-8-15)11-12-21(2)13-16-5-3-4-6-18(16)19/h3-10,14H,11-13,20H2,1-2H3. The monoisotopic (exact) mass is 302 g/mol. The lowest BCUT2D eigenvalue weighted by atomic mass is 9.97. The minimum absolute atomic E-state index is 0.527. The summed E-state index contributed by atoms with van der Waals surface area (Å²) in [5.74, 6) is 0.527. The third kappa shape index (κ3) is 4.76. The lowest BCUT2D eigenvalue weighted by Crippen LogP contribution is -2.20. The minimum Gasteiger partial charge on any atom is -0.399 e. The van der Waals surface area contributed by atoms with E-state index in [1.165, 1.54) is 11.1 Å². The Morgan fingerprint density at radius 1 is 1.10 bits per heavy atom. The van der Waals surface area contributed by atoms with Crippen molar-refractivity contribution in [3.63, 3.8) is 0 Å². The van der Waals surface area contributed by atoms with Crippen molar-refractivity contribution < 1.29 is 0 Å². The normalized spacial score (nSPS) is 12.6. The second kappa shape index (κ2) is 7.48. The van der Waals surface area contributed by atoms with E-state index in [1.54, 1.807) is 0 Å². The molecule has 0 heterocycles. The van der Waals surface area contributed by atoms with Gasteiger partial charge in [0, 0.05) is 17.3 Å². The second-order valence-corrected chi connectivity index (χ2v) is 6.09. The summed E-state index contributed by atoms with van der Waals surface area (Å²) in [5.41, 5.74) is 9.07. The molecule has 112 valence electrons. The van der Waals surface area contributed by atoms with Crippen molar-refractivity contribution in [2.75, 3.05) is 19.3 Å². The van der Waals surface area contributed by atoms with Crippen LogP contribution in [0.4, 0.5) is 5.69 Å². The molecule has 2 aromatic carbocycles. The van der Waals surface area contributed by atoms with E-state index in [-0.39, 0.29) is 0 Å². The van der Waals surface area contributed by atoms with Crippen LogP contribution < -0.4 is 5.73 Å². The molecule has 0 aromatic heterocycles. The third-order valence-electron chi connectivity index (χ3n) is 3.85. The largest absolute Gasteiger partial charge is 0.399 e. The number of nitrogen functional groups attached to an aromatic ring is 1. The van der Waals surface area contributed by atoms with Crippen molar-refractivity contribution in [2.45, 2.75) is 25.8 Å². The number of hydrogen-bond donors (Lipinski definition) is 1. The third-order valence-corrected chi connectivity index (χ3v) is 4.22. The summed E-state index contributed by atoms with van der Waals surface area (Å²) in [6.45, 7) is 4.18. The number of rotatable bonds is 6. The zero-order valence-electron chi connectivity index (χ0n) is 12.7. The van der Waals surface area contributed by atoms with Gasteiger partial charge in [0.15, 0.2) is 0 Å². The molecule has 21 heavy (non-hydrogen) atoms. The fourth-order valence-electron chi connectivity index (χ4n) is 2.40. The molecule has 0 bridgehead atoms. The highest BCUT2D eigenvalue weighted by Gasteiger charge is 2.08. The van der Waals surface area contributed by atoms with Crippen molar-refractivity contribution in [1.29, 1.82) is 0 Å². The summed E-state index contributed by atoms with van der Waals surface area (Å²) in [4.78, 5) is 2.31. The van der Waals surface area contributed by atoms with Crippen molar-refractivity contribution in [2.24, 2.45) is 0 Å². The number of nitrogens with two attached hydrogens (primary N) is 1. The van der Waals surface area contributed by atoms with E-state index < -0.39 is 0 Å². The zero-order chi connectivity index (χ0) is 15.2. The molecule has 3 heteroatoms. The summed E-state index contributed by atoms with van der Waals surface area (Å²) in [6, 6.07) is 16.2. The Labute approximate surface area is 132 Å². The molecular formula is C18H23ClN2. The van der Waals surface area contributed by atoms with Crippen LogP contribution in [0.3, 0.4) is 0 Å². The van der Waals surface area contributed by atoms with Gasteiger partial charge in [-0.25, -0.2) is 0 Å². The maximum absolute atomic E-state index is 6.20. The molecular weight excluding hydrogens is 280 g/mol. The van der Waals surface area contributed by atoms with Crippen LogP contribution in [-0.4, -0.2) is 18.5 Å². The molecule has 1 unspecified atom stereocenters. The quantitative estimate of drug-likeness (QED) is 0.793. The van der Waals surface area contributed by atoms with Crippen LogP contribution in [0, 0.1) is 0 Å². The maximum Gasteiger partial charge on any atom is 0.0451 e. The van der Waals surface area contributed by atoms with Crippen molar-refractivity contribution in [1.82, 2.24) is 4.90 Å². The number of nitrogens with zero attached hydrogens (tertiary/aromatic N) is 1. The first kappa shape index (κ1) is 15.9. The number of halogens is 1. The molecule has 0 aliphatic heterocycles. The average molecular weight is 303 g/mol. The molecule has 1 atom stereocenters. The molecule has 0 amide bonds. The Kier molecular flexibility index (Phi) is 5.66. The van der Waals surface area contributed by atoms with Gasteiger partial charge >= 0.3 is 0 Å². The molecule has 0 radical (unpaired) electrons. The van der Waals surface area contributed by atoms with Gasteiger partial charge in [-0.15, -0.1) is 0 Å². The lowest BCUT2D eigenvalue weighted by molar-refractivity contribution is 0.313. The molecule has 0 saturated carbocycles. The molecule has 2 rings (SSSR count). The average Bonchev–Trinajstić information content (AvgIpc) is 2.48. The van der Waals surface area contributed by atoms with Crippen LogP contribution in [0.2, 0.25) is 5.02 Å². The van der Waals surface area contributed by atoms with E-state index in [9.17, 15) is 0 Å². The summed E-state index contributed by atoms with van der Waals surface area (Å²) in [5, 5.41) is 0.843. The predicted molar refractivity (Wildman–Crippen MR) is 91.7 cm³/mol. The smallest absolute Gasteiger partial charge is 0.0451 e. The number of benzene rings is 2. The van der Waals surface area contributed by atoms with E-state index in [1.807, 2.05) is 30.3 Å². The van der Waals surface area contributed by atoms with Gasteiger partial charge in [0.05, 0.1) is 0 Å². The highest BCUT2D eigenvalue weighted by atomic mass is 35.5. The van der Waals surface area contributed by atoms with Gasteiger partial charge in [0.2, 0.25) is 0 Å². The van der Waals surface area contributed by atoms with E-state index in [2.05, 4.69) is 37.1 Å². The summed E-state index contributed by atoms with van der Waals surface area (Å²) >= 11 is 6.20. The first-order valence-electron chi connectivity index (χ1n) is 7.33. The van der Waals surface area contributed by atoms with E-state index >= 15 is 0 Å². The van der Waals surface area contributed by atoms with Crippen LogP contribution >= 0.6 is 11.6 Å². The number of hydrogen-bond acceptors (Lipinski definition) is 2. The minimum atomic E-state index is 0.527. The Hall–Kier alpha value is -1.51. The van der Waals surface area contributed by atoms with Gasteiger partial charge in [0.25, 0.3) is 0 Å². The van der Waals surface area contributed by atoms with E-state index in [0.717, 1.165) is 30.2 Å². The van der Waals surface area contributed by atoms with Gasteiger partial charge in [0.1, 0.15) is 0 Å². The summed E-state index contributed by atoms with van der Waals surface area (Å²) < 4.78 is 0. The van der Waals surface area contributed by atoms with E-state index in [4.69, 9.17) is 17.3 Å². The van der Waals surface area contributed by atoms with Gasteiger partial charge in [-0.3, -0.25) is 0 Å². The Morgan fingerprint density at radius 2 is 1.76 bits per heavy atom. The van der Waals surface area contributed by atoms with Crippen LogP contribution in [0.5, 0.6) is 0 Å². The Morgan fingerprint density at radius 3 is 2.43 bits per heavy atom. The van der Waals surface area contributed by atoms with Crippen LogP contribution in [0.15, 0.2) is 48.5 Å². The molecule has 0 saturated heterocycles. The Bertz CT molecular complexity index is 566. The SMILES string of the molecule is CC(CCN(C)Cc1ccccc1Cl)c1ccc(N)cc1. The molecule has 2 aromatic rings. The molecule has 0 spiro atoms. The van der Waals surface area contributed by atoms with Crippen LogP contribution in [0.25, 0.3) is 0 Å². The van der Waals surface area contributed by atoms with Crippen LogP contribution in [-0.2, 0) is 6.54 Å². The fourth-order valence-corrected chi connectivity index (χ4v) is 2.60. The molecule has 0 aliphatic carbocycles. The van der Waals surface area contributed by atoms with Gasteiger partial charge in [-0.05, 0) is 55.3 Å². The fraction of sp³-hybridized carbons (Fsp3) is 0.333. The second-order valence-electron chi connectivity index (χ2n) is 5.69. The van der Waals surface area contributed by atoms with Crippen molar-refractivity contribution in [3.8, 4) is 0 Å². The van der Waals surface area contributed by atoms with Gasteiger partial charge in [-0.1, -0.05) is 48.9 Å². The number of anilines is 1. The predicted octanol–water partition coefficient (Wildman–Crippen LogP) is 4.55. The van der Waals surface area contributed by atoms with E-state index in [0.29, 0.717) is 5.92 Å². The van der Waals surface area contributed by atoms with Gasteiger partial charge in [-0.2, -0.15) is 0 Å². The maximum atomic E-state index is 6.20. The topological polar surface area (TPSA) is 29.3 Å². The molecule has 2 N–H and O–H groups in total. The molecule has 0 aliphatic rings. The summed E-state index contributed by atoms with van der Waals surface area (Å²) in [6.07, 6.45) is 1.12. The lowest BCUT2D eigenvalue weighted by Gasteiger charge is -2.20. The highest BCUT2D eigenvalue weighted by Crippen LogP contribution is 2.21. The molecule has 0 fully saturated rings. The molecule has 2 nitrogen and oxygen atoms in total. The van der Waals surface area contributed by atoms with Crippen molar-refractivity contribution in [3.05, 3.63) is 64.7 Å². The Balaban J connectivity index is 1.85. The zero-order valence-corrected chi connectivity index (χ0v) is 13.5.